The summed E-state index contributed by atoms with van der Waals surface area (Å²) in [4.78, 5) is 33.5. The predicted molar refractivity (Wildman–Crippen MR) is 82.9 cm³/mol. The number of piperidine rings is 1. The smallest absolute Gasteiger partial charge is 0.306 e. The Morgan fingerprint density at radius 2 is 2.22 bits per heavy atom. The van der Waals surface area contributed by atoms with Crippen molar-refractivity contribution < 1.29 is 19.1 Å². The van der Waals surface area contributed by atoms with Gasteiger partial charge in [-0.05, 0) is 26.7 Å². The molecule has 2 heterocycles. The van der Waals surface area contributed by atoms with Crippen molar-refractivity contribution >= 4 is 11.9 Å². The van der Waals surface area contributed by atoms with E-state index in [-0.39, 0.29) is 30.8 Å². The lowest BCUT2D eigenvalue weighted by Crippen LogP contribution is -2.44. The largest absolute Gasteiger partial charge is 0.472 e. The van der Waals surface area contributed by atoms with E-state index in [4.69, 9.17) is 9.47 Å². The number of hydrogen-bond donors (Lipinski definition) is 0. The molecule has 0 spiro atoms. The number of carbonyl (C=O) groups excluding carboxylic acids is 2. The standard InChI is InChI=1S/C16H23N3O4/c1-3-22-16(21)7-6-15(20)19-10-4-5-13(11-19)23-14-8-9-17-12(2)18-14/h8-9,13H,3-7,10-11H2,1-2H3/t13-/m1/s1. The maximum absolute atomic E-state index is 12.2. The van der Waals surface area contributed by atoms with Crippen molar-refractivity contribution in [2.75, 3.05) is 19.7 Å². The van der Waals surface area contributed by atoms with Gasteiger partial charge < -0.3 is 14.4 Å². The normalized spacial score (nSPS) is 17.7. The molecule has 126 valence electrons. The molecule has 7 heteroatoms. The van der Waals surface area contributed by atoms with E-state index >= 15 is 0 Å². The zero-order valence-corrected chi connectivity index (χ0v) is 13.7. The van der Waals surface area contributed by atoms with Crippen LogP contribution in [-0.4, -0.2) is 52.5 Å². The molecule has 23 heavy (non-hydrogen) atoms. The van der Waals surface area contributed by atoms with Crippen LogP contribution in [0.5, 0.6) is 5.88 Å². The van der Waals surface area contributed by atoms with Gasteiger partial charge in [0, 0.05) is 25.2 Å². The molecule has 1 saturated heterocycles. The molecule has 0 aromatic carbocycles. The van der Waals surface area contributed by atoms with E-state index in [0.29, 0.717) is 31.4 Å². The third-order valence-corrected chi connectivity index (χ3v) is 3.62. The Balaban J connectivity index is 1.82. The summed E-state index contributed by atoms with van der Waals surface area (Å²) < 4.78 is 10.7. The molecule has 1 atom stereocenters. The Morgan fingerprint density at radius 1 is 1.39 bits per heavy atom. The van der Waals surface area contributed by atoms with Crippen molar-refractivity contribution in [1.29, 1.82) is 0 Å². The van der Waals surface area contributed by atoms with E-state index in [2.05, 4.69) is 9.97 Å². The van der Waals surface area contributed by atoms with Gasteiger partial charge in [0.25, 0.3) is 0 Å². The maximum Gasteiger partial charge on any atom is 0.306 e. The van der Waals surface area contributed by atoms with Crippen molar-refractivity contribution in [2.45, 2.75) is 45.6 Å². The topological polar surface area (TPSA) is 81.6 Å². The molecule has 1 aliphatic heterocycles. The van der Waals surface area contributed by atoms with Gasteiger partial charge in [0.2, 0.25) is 11.8 Å². The van der Waals surface area contributed by atoms with Crippen LogP contribution in [0.15, 0.2) is 12.3 Å². The molecule has 2 rings (SSSR count). The van der Waals surface area contributed by atoms with Crippen molar-refractivity contribution in [1.82, 2.24) is 14.9 Å². The fraction of sp³-hybridized carbons (Fsp3) is 0.625. The van der Waals surface area contributed by atoms with Crippen LogP contribution in [0.4, 0.5) is 0 Å². The first-order valence-corrected chi connectivity index (χ1v) is 7.98. The number of nitrogens with zero attached hydrogens (tertiary/aromatic N) is 3. The van der Waals surface area contributed by atoms with Crippen molar-refractivity contribution in [2.24, 2.45) is 0 Å². The SMILES string of the molecule is CCOC(=O)CCC(=O)N1CCC[C@@H](Oc2ccnc(C)n2)C1. The summed E-state index contributed by atoms with van der Waals surface area (Å²) in [7, 11) is 0. The number of amides is 1. The van der Waals surface area contributed by atoms with Gasteiger partial charge in [-0.1, -0.05) is 0 Å². The number of hydrogen-bond acceptors (Lipinski definition) is 6. The highest BCUT2D eigenvalue weighted by Gasteiger charge is 2.25. The molecule has 0 unspecified atom stereocenters. The molecule has 1 aromatic rings. The van der Waals surface area contributed by atoms with E-state index in [9.17, 15) is 9.59 Å². The van der Waals surface area contributed by atoms with Gasteiger partial charge in [0.15, 0.2) is 0 Å². The molecule has 1 aliphatic rings. The van der Waals surface area contributed by atoms with Crippen LogP contribution < -0.4 is 4.74 Å². The third-order valence-electron chi connectivity index (χ3n) is 3.62. The summed E-state index contributed by atoms with van der Waals surface area (Å²) in [6.07, 6.45) is 3.63. The Labute approximate surface area is 136 Å². The second-order valence-corrected chi connectivity index (χ2v) is 5.47. The highest BCUT2D eigenvalue weighted by atomic mass is 16.5. The molecular formula is C16H23N3O4. The van der Waals surface area contributed by atoms with Crippen LogP contribution in [0.1, 0.15) is 38.4 Å². The van der Waals surface area contributed by atoms with Gasteiger partial charge in [-0.25, -0.2) is 4.98 Å². The van der Waals surface area contributed by atoms with Gasteiger partial charge >= 0.3 is 5.97 Å². The molecule has 0 radical (unpaired) electrons. The average molecular weight is 321 g/mol. The van der Waals surface area contributed by atoms with Gasteiger partial charge in [0.1, 0.15) is 11.9 Å². The third kappa shape index (κ3) is 5.50. The van der Waals surface area contributed by atoms with E-state index < -0.39 is 0 Å². The molecule has 7 nitrogen and oxygen atoms in total. The van der Waals surface area contributed by atoms with E-state index in [1.807, 2.05) is 0 Å². The lowest BCUT2D eigenvalue weighted by Gasteiger charge is -2.32. The number of carbonyl (C=O) groups is 2. The summed E-state index contributed by atoms with van der Waals surface area (Å²) in [5.74, 6) is 0.816. The number of rotatable bonds is 6. The van der Waals surface area contributed by atoms with Gasteiger partial charge in [0.05, 0.1) is 19.6 Å². The lowest BCUT2D eigenvalue weighted by atomic mass is 10.1. The Hall–Kier alpha value is -2.18. The molecule has 0 N–H and O–H groups in total. The Bertz CT molecular complexity index is 550. The minimum absolute atomic E-state index is 0.0368. The van der Waals surface area contributed by atoms with E-state index in [1.54, 1.807) is 31.0 Å². The van der Waals surface area contributed by atoms with Crippen molar-refractivity contribution in [3.05, 3.63) is 18.1 Å². The number of aryl methyl sites for hydroxylation is 1. The first-order chi connectivity index (χ1) is 11.1. The molecule has 0 aliphatic carbocycles. The van der Waals surface area contributed by atoms with Crippen LogP contribution in [0, 0.1) is 6.92 Å². The predicted octanol–water partition coefficient (Wildman–Crippen LogP) is 1.50. The Kier molecular flexibility index (Phi) is 6.31. The van der Waals surface area contributed by atoms with Crippen LogP contribution in [0.3, 0.4) is 0 Å². The summed E-state index contributed by atoms with van der Waals surface area (Å²) in [5, 5.41) is 0. The van der Waals surface area contributed by atoms with Gasteiger partial charge in [-0.3, -0.25) is 9.59 Å². The molecule has 0 saturated carbocycles. The fourth-order valence-corrected chi connectivity index (χ4v) is 2.53. The minimum atomic E-state index is -0.331. The molecule has 0 bridgehead atoms. The number of likely N-dealkylation sites (tertiary alicyclic amines) is 1. The maximum atomic E-state index is 12.2. The number of ether oxygens (including phenoxy) is 2. The average Bonchev–Trinajstić information content (AvgIpc) is 2.53. The highest BCUT2D eigenvalue weighted by Crippen LogP contribution is 2.17. The van der Waals surface area contributed by atoms with E-state index in [1.165, 1.54) is 0 Å². The van der Waals surface area contributed by atoms with Crippen LogP contribution in [0.25, 0.3) is 0 Å². The Morgan fingerprint density at radius 3 is 2.96 bits per heavy atom. The summed E-state index contributed by atoms with van der Waals surface area (Å²) in [5.41, 5.74) is 0. The number of esters is 1. The summed E-state index contributed by atoms with van der Waals surface area (Å²) in [6.45, 7) is 5.11. The van der Waals surface area contributed by atoms with Gasteiger partial charge in [-0.15, -0.1) is 0 Å². The van der Waals surface area contributed by atoms with Crippen LogP contribution >= 0.6 is 0 Å². The zero-order valence-electron chi connectivity index (χ0n) is 13.7. The number of aromatic nitrogens is 2. The van der Waals surface area contributed by atoms with Gasteiger partial charge in [-0.2, -0.15) is 4.98 Å². The quantitative estimate of drug-likeness (QED) is 0.739. The lowest BCUT2D eigenvalue weighted by molar-refractivity contribution is -0.146. The second kappa shape index (κ2) is 8.45. The van der Waals surface area contributed by atoms with Crippen molar-refractivity contribution in [3.8, 4) is 5.88 Å². The monoisotopic (exact) mass is 321 g/mol. The van der Waals surface area contributed by atoms with E-state index in [0.717, 1.165) is 12.8 Å². The zero-order chi connectivity index (χ0) is 16.7. The fourth-order valence-electron chi connectivity index (χ4n) is 2.53. The highest BCUT2D eigenvalue weighted by molar-refractivity contribution is 5.81. The second-order valence-electron chi connectivity index (χ2n) is 5.47. The van der Waals surface area contributed by atoms with Crippen LogP contribution in [-0.2, 0) is 14.3 Å². The first-order valence-electron chi connectivity index (χ1n) is 7.98. The van der Waals surface area contributed by atoms with Crippen LogP contribution in [0.2, 0.25) is 0 Å². The first kappa shape index (κ1) is 17.2. The van der Waals surface area contributed by atoms with Crippen molar-refractivity contribution in [3.63, 3.8) is 0 Å². The molecule has 1 aromatic heterocycles. The molecule has 1 amide bonds. The molecular weight excluding hydrogens is 298 g/mol. The summed E-state index contributed by atoms with van der Waals surface area (Å²) >= 11 is 0. The summed E-state index contributed by atoms with van der Waals surface area (Å²) in [6, 6.07) is 1.72. The minimum Gasteiger partial charge on any atom is -0.472 e. The molecule has 1 fully saturated rings.